The van der Waals surface area contributed by atoms with Gasteiger partial charge in [0.1, 0.15) is 18.2 Å². The van der Waals surface area contributed by atoms with Gasteiger partial charge in [-0.05, 0) is 55.7 Å². The zero-order valence-corrected chi connectivity index (χ0v) is 20.6. The van der Waals surface area contributed by atoms with Gasteiger partial charge in [-0.15, -0.1) is 0 Å². The van der Waals surface area contributed by atoms with E-state index in [1.54, 1.807) is 0 Å². The van der Waals surface area contributed by atoms with E-state index < -0.39 is 8.07 Å². The third-order valence-electron chi connectivity index (χ3n) is 6.76. The Morgan fingerprint density at radius 2 is 1.48 bits per heavy atom. The highest BCUT2D eigenvalue weighted by molar-refractivity contribution is 6.90. The van der Waals surface area contributed by atoms with Crippen LogP contribution in [0.3, 0.4) is 0 Å². The summed E-state index contributed by atoms with van der Waals surface area (Å²) < 4.78 is 8.88. The normalized spacial score (nSPS) is 12.4. The summed E-state index contributed by atoms with van der Waals surface area (Å²) in [6.07, 6.45) is 0. The van der Waals surface area contributed by atoms with Gasteiger partial charge >= 0.3 is 0 Å². The number of rotatable bonds is 2. The average Bonchev–Trinajstić information content (AvgIpc) is 3.09. The van der Waals surface area contributed by atoms with E-state index in [0.717, 1.165) is 11.2 Å². The highest BCUT2D eigenvalue weighted by Gasteiger charge is 2.29. The maximum absolute atomic E-state index is 6.47. The molecule has 0 bridgehead atoms. The first-order valence-electron chi connectivity index (χ1n) is 11.0. The van der Waals surface area contributed by atoms with Gasteiger partial charge in [0, 0.05) is 27.4 Å². The van der Waals surface area contributed by atoms with Gasteiger partial charge in [-0.1, -0.05) is 50.0 Å². The van der Waals surface area contributed by atoms with Crippen LogP contribution >= 0.6 is 0 Å². The summed E-state index contributed by atoms with van der Waals surface area (Å²) in [7, 11) is 0.694. The Hall–Kier alpha value is -2.91. The number of aryl methyl sites for hydroxylation is 3. The number of para-hydroxylation sites is 2. The van der Waals surface area contributed by atoms with Crippen LogP contribution in [0.5, 0.6) is 0 Å². The zero-order chi connectivity index (χ0) is 22.1. The summed E-state index contributed by atoms with van der Waals surface area (Å²) in [6, 6.07) is 19.8. The van der Waals surface area contributed by atoms with Gasteiger partial charge in [-0.25, -0.2) is 0 Å². The van der Waals surface area contributed by atoms with E-state index in [1.807, 2.05) is 6.07 Å². The Bertz CT molecular complexity index is 1500. The number of nitrogens with zero attached hydrogens (tertiary/aromatic N) is 1. The van der Waals surface area contributed by atoms with E-state index in [0.29, 0.717) is 0 Å². The topological polar surface area (TPSA) is 17.0 Å². The summed E-state index contributed by atoms with van der Waals surface area (Å²) >= 11 is 0. The molecule has 0 amide bonds. The average molecular weight is 425 g/mol. The molecular formula is C28H30NOSi+. The standard InChI is InChI=1S/C28H30NOSi/c1-17-15-22-21-11-8-9-13-24(21)30-28(22)26(19(17)3)23-16-18(2)20-12-10-14-25(31(5,6)7)27(20)29(23)4/h8-16H,1-7H3/q+1. The number of pyridine rings is 1. The second-order valence-electron chi connectivity index (χ2n) is 9.89. The Morgan fingerprint density at radius 3 is 2.23 bits per heavy atom. The van der Waals surface area contributed by atoms with Crippen molar-refractivity contribution in [1.29, 1.82) is 0 Å². The lowest BCUT2D eigenvalue weighted by molar-refractivity contribution is -0.633. The molecule has 2 aromatic heterocycles. The van der Waals surface area contributed by atoms with Crippen molar-refractivity contribution in [2.24, 2.45) is 7.05 Å². The van der Waals surface area contributed by atoms with Crippen molar-refractivity contribution < 1.29 is 8.98 Å². The molecule has 0 N–H and O–H groups in total. The molecule has 156 valence electrons. The van der Waals surface area contributed by atoms with Crippen LogP contribution in [-0.2, 0) is 7.05 Å². The van der Waals surface area contributed by atoms with Gasteiger partial charge < -0.3 is 4.42 Å². The van der Waals surface area contributed by atoms with Crippen molar-refractivity contribution in [2.45, 2.75) is 40.4 Å². The monoisotopic (exact) mass is 424 g/mol. The molecule has 3 heteroatoms. The van der Waals surface area contributed by atoms with Gasteiger partial charge in [0.15, 0.2) is 0 Å². The number of hydrogen-bond acceptors (Lipinski definition) is 1. The fraction of sp³-hybridized carbons (Fsp3) is 0.250. The van der Waals surface area contributed by atoms with E-state index in [1.165, 1.54) is 54.8 Å². The van der Waals surface area contributed by atoms with E-state index in [2.05, 4.69) is 101 Å². The number of hydrogen-bond donors (Lipinski definition) is 0. The van der Waals surface area contributed by atoms with Crippen LogP contribution in [0.2, 0.25) is 19.6 Å². The number of benzene rings is 3. The lowest BCUT2D eigenvalue weighted by Gasteiger charge is -2.19. The molecule has 0 radical (unpaired) electrons. The fourth-order valence-electron chi connectivity index (χ4n) is 4.96. The molecule has 2 heterocycles. The molecular weight excluding hydrogens is 394 g/mol. The highest BCUT2D eigenvalue weighted by atomic mass is 28.3. The Morgan fingerprint density at radius 1 is 0.774 bits per heavy atom. The maximum atomic E-state index is 6.47. The molecule has 31 heavy (non-hydrogen) atoms. The minimum atomic E-state index is -1.52. The van der Waals surface area contributed by atoms with Crippen LogP contribution in [0.15, 0.2) is 59.0 Å². The molecule has 5 rings (SSSR count). The highest BCUT2D eigenvalue weighted by Crippen LogP contribution is 2.39. The molecule has 3 aromatic carbocycles. The zero-order valence-electron chi connectivity index (χ0n) is 19.6. The quantitative estimate of drug-likeness (QED) is 0.228. The molecule has 5 aromatic rings. The smallest absolute Gasteiger partial charge is 0.217 e. The predicted molar refractivity (Wildman–Crippen MR) is 135 cm³/mol. The summed E-state index contributed by atoms with van der Waals surface area (Å²) in [5, 5.41) is 5.23. The molecule has 0 unspecified atom stereocenters. The van der Waals surface area contributed by atoms with Crippen molar-refractivity contribution in [3.8, 4) is 11.3 Å². The van der Waals surface area contributed by atoms with Crippen LogP contribution in [-0.4, -0.2) is 8.07 Å². The molecule has 0 spiro atoms. The number of aromatic nitrogens is 1. The second kappa shape index (κ2) is 6.79. The van der Waals surface area contributed by atoms with Gasteiger partial charge in [0.25, 0.3) is 0 Å². The van der Waals surface area contributed by atoms with Crippen molar-refractivity contribution in [3.05, 3.63) is 71.3 Å². The van der Waals surface area contributed by atoms with E-state index in [4.69, 9.17) is 4.42 Å². The van der Waals surface area contributed by atoms with Crippen molar-refractivity contribution in [2.75, 3.05) is 0 Å². The van der Waals surface area contributed by atoms with E-state index in [9.17, 15) is 0 Å². The first-order valence-corrected chi connectivity index (χ1v) is 14.5. The lowest BCUT2D eigenvalue weighted by atomic mass is 9.95. The summed E-state index contributed by atoms with van der Waals surface area (Å²) in [5.74, 6) is 0. The van der Waals surface area contributed by atoms with Gasteiger partial charge in [-0.3, -0.25) is 0 Å². The summed E-state index contributed by atoms with van der Waals surface area (Å²) in [4.78, 5) is 0. The molecule has 0 aliphatic heterocycles. The maximum Gasteiger partial charge on any atom is 0.217 e. The van der Waals surface area contributed by atoms with Gasteiger partial charge in [0.2, 0.25) is 11.2 Å². The third-order valence-corrected chi connectivity index (χ3v) is 8.78. The van der Waals surface area contributed by atoms with Crippen molar-refractivity contribution >= 4 is 46.1 Å². The van der Waals surface area contributed by atoms with Crippen LogP contribution in [0, 0.1) is 20.8 Å². The van der Waals surface area contributed by atoms with Gasteiger partial charge in [0.05, 0.1) is 13.6 Å². The Labute approximate surface area is 185 Å². The number of fused-ring (bicyclic) bond motifs is 4. The summed E-state index contributed by atoms with van der Waals surface area (Å²) in [5.41, 5.74) is 9.63. The minimum Gasteiger partial charge on any atom is -0.455 e. The molecule has 0 aliphatic carbocycles. The van der Waals surface area contributed by atoms with E-state index >= 15 is 0 Å². The molecule has 2 nitrogen and oxygen atoms in total. The van der Waals surface area contributed by atoms with Crippen LogP contribution in [0.25, 0.3) is 44.1 Å². The van der Waals surface area contributed by atoms with Gasteiger partial charge in [-0.2, -0.15) is 4.57 Å². The summed E-state index contributed by atoms with van der Waals surface area (Å²) in [6.45, 7) is 14.0. The second-order valence-corrected chi connectivity index (χ2v) is 14.9. The lowest BCUT2D eigenvalue weighted by Crippen LogP contribution is -2.45. The van der Waals surface area contributed by atoms with Crippen molar-refractivity contribution in [3.63, 3.8) is 0 Å². The predicted octanol–water partition coefficient (Wildman–Crippen LogP) is 6.70. The van der Waals surface area contributed by atoms with Crippen LogP contribution < -0.4 is 9.75 Å². The number of furan rings is 1. The van der Waals surface area contributed by atoms with E-state index in [-0.39, 0.29) is 0 Å². The molecule has 0 atom stereocenters. The molecule has 0 aliphatic rings. The largest absolute Gasteiger partial charge is 0.455 e. The van der Waals surface area contributed by atoms with Crippen LogP contribution in [0.1, 0.15) is 16.7 Å². The molecule has 0 saturated carbocycles. The van der Waals surface area contributed by atoms with Crippen molar-refractivity contribution in [1.82, 2.24) is 0 Å². The van der Waals surface area contributed by atoms with Crippen LogP contribution in [0.4, 0.5) is 0 Å². The minimum absolute atomic E-state index is 0.951. The first-order chi connectivity index (χ1) is 14.7. The SMILES string of the molecule is Cc1cc2c(oc3ccccc32)c(-c2cc(C)c3cccc([Si](C)(C)C)c3[n+]2C)c1C. The fourth-order valence-corrected chi connectivity index (χ4v) is 6.57. The first kappa shape index (κ1) is 20.0. The molecule has 0 fully saturated rings. The molecule has 0 saturated heterocycles. The Kier molecular flexibility index (Phi) is 4.39. The third kappa shape index (κ3) is 2.94. The Balaban J connectivity index is 1.97.